The van der Waals surface area contributed by atoms with Gasteiger partial charge in [0.2, 0.25) is 15.9 Å². The summed E-state index contributed by atoms with van der Waals surface area (Å²) in [6, 6.07) is 13.4. The van der Waals surface area contributed by atoms with Crippen molar-refractivity contribution < 1.29 is 17.9 Å². The van der Waals surface area contributed by atoms with Crippen LogP contribution in [0, 0.1) is 5.92 Å². The van der Waals surface area contributed by atoms with Crippen molar-refractivity contribution in [3.63, 3.8) is 0 Å². The molecule has 1 aliphatic rings. The lowest BCUT2D eigenvalue weighted by Gasteiger charge is -2.32. The van der Waals surface area contributed by atoms with Gasteiger partial charge in [-0.3, -0.25) is 4.79 Å². The summed E-state index contributed by atoms with van der Waals surface area (Å²) in [5, 5.41) is 3.48. The summed E-state index contributed by atoms with van der Waals surface area (Å²) in [5.74, 6) is 0.235. The first-order chi connectivity index (χ1) is 13.8. The highest BCUT2D eigenvalue weighted by atomic mass is 35.5. The predicted octanol–water partition coefficient (Wildman–Crippen LogP) is 3.63. The lowest BCUT2D eigenvalue weighted by atomic mass is 9.98. The first-order valence-electron chi connectivity index (χ1n) is 9.51. The molecule has 29 heavy (non-hydrogen) atoms. The number of nitrogens with one attached hydrogen (secondary N) is 1. The van der Waals surface area contributed by atoms with Crippen molar-refractivity contribution in [3.8, 4) is 5.75 Å². The Hall–Kier alpha value is -2.09. The quantitative estimate of drug-likeness (QED) is 0.750. The van der Waals surface area contributed by atoms with Crippen molar-refractivity contribution in [1.29, 1.82) is 0 Å². The molecular weight excluding hydrogens is 412 g/mol. The van der Waals surface area contributed by atoms with Gasteiger partial charge in [-0.1, -0.05) is 23.7 Å². The Kier molecular flexibility index (Phi) is 6.82. The lowest BCUT2D eigenvalue weighted by Crippen LogP contribution is -2.45. The number of rotatable bonds is 6. The smallest absolute Gasteiger partial charge is 0.243 e. The van der Waals surface area contributed by atoms with E-state index in [1.807, 2.05) is 31.2 Å². The van der Waals surface area contributed by atoms with E-state index in [4.69, 9.17) is 16.3 Å². The SMILES string of the molecule is COc1ccc(C(C)NC(=O)C2CCCN(S(=O)(=O)c3ccc(Cl)cc3)C2)cc1. The van der Waals surface area contributed by atoms with Crippen molar-refractivity contribution in [3.05, 3.63) is 59.1 Å². The molecule has 2 atom stereocenters. The zero-order chi connectivity index (χ0) is 21.0. The molecule has 0 spiro atoms. The number of amides is 1. The van der Waals surface area contributed by atoms with E-state index < -0.39 is 10.0 Å². The molecular formula is C21H25ClN2O4S. The van der Waals surface area contributed by atoms with Crippen molar-refractivity contribution in [1.82, 2.24) is 9.62 Å². The molecule has 0 radical (unpaired) electrons. The number of piperidine rings is 1. The summed E-state index contributed by atoms with van der Waals surface area (Å²) in [6.45, 7) is 2.49. The molecule has 2 aromatic carbocycles. The highest BCUT2D eigenvalue weighted by Gasteiger charge is 2.33. The second-order valence-corrected chi connectivity index (χ2v) is 9.53. The van der Waals surface area contributed by atoms with Gasteiger partial charge in [0.25, 0.3) is 0 Å². The first kappa shape index (κ1) is 21.6. The minimum absolute atomic E-state index is 0.135. The maximum absolute atomic E-state index is 12.9. The van der Waals surface area contributed by atoms with Crippen LogP contribution in [-0.2, 0) is 14.8 Å². The van der Waals surface area contributed by atoms with Crippen LogP contribution >= 0.6 is 11.6 Å². The van der Waals surface area contributed by atoms with Crippen LogP contribution in [-0.4, -0.2) is 38.8 Å². The molecule has 1 fully saturated rings. The monoisotopic (exact) mass is 436 g/mol. The second kappa shape index (κ2) is 9.15. The normalized spacial score (nSPS) is 18.8. The third kappa shape index (κ3) is 5.10. The molecule has 0 aromatic heterocycles. The molecule has 2 unspecified atom stereocenters. The summed E-state index contributed by atoms with van der Waals surface area (Å²) < 4.78 is 32.4. The zero-order valence-corrected chi connectivity index (χ0v) is 18.0. The Balaban J connectivity index is 1.66. The van der Waals surface area contributed by atoms with Crippen LogP contribution in [0.2, 0.25) is 5.02 Å². The molecule has 3 rings (SSSR count). The number of halogens is 1. The molecule has 1 N–H and O–H groups in total. The molecule has 2 aromatic rings. The van der Waals surface area contributed by atoms with Gasteiger partial charge in [0, 0.05) is 18.1 Å². The van der Waals surface area contributed by atoms with E-state index in [1.54, 1.807) is 19.2 Å². The average molecular weight is 437 g/mol. The highest BCUT2D eigenvalue weighted by Crippen LogP contribution is 2.26. The van der Waals surface area contributed by atoms with Crippen LogP contribution in [0.1, 0.15) is 31.4 Å². The van der Waals surface area contributed by atoms with Gasteiger partial charge in [0.05, 0.1) is 24.0 Å². The van der Waals surface area contributed by atoms with E-state index in [9.17, 15) is 13.2 Å². The summed E-state index contributed by atoms with van der Waals surface area (Å²) >= 11 is 5.86. The Bertz CT molecular complexity index is 946. The molecule has 0 saturated carbocycles. The zero-order valence-electron chi connectivity index (χ0n) is 16.5. The van der Waals surface area contributed by atoms with Crippen LogP contribution in [0.4, 0.5) is 0 Å². The lowest BCUT2D eigenvalue weighted by molar-refractivity contribution is -0.126. The van der Waals surface area contributed by atoms with Crippen LogP contribution in [0.25, 0.3) is 0 Å². The number of hydrogen-bond acceptors (Lipinski definition) is 4. The second-order valence-electron chi connectivity index (χ2n) is 7.16. The number of benzene rings is 2. The Morgan fingerprint density at radius 2 is 1.83 bits per heavy atom. The summed E-state index contributed by atoms with van der Waals surface area (Å²) in [6.07, 6.45) is 1.30. The standard InChI is InChI=1S/C21H25ClN2O4S/c1-15(16-5-9-19(28-2)10-6-16)23-21(25)17-4-3-13-24(14-17)29(26,27)20-11-7-18(22)8-12-20/h5-12,15,17H,3-4,13-14H2,1-2H3,(H,23,25). The van der Waals surface area contributed by atoms with Crippen LogP contribution in [0.3, 0.4) is 0 Å². The van der Waals surface area contributed by atoms with Crippen molar-refractivity contribution in [2.45, 2.75) is 30.7 Å². The van der Waals surface area contributed by atoms with Gasteiger partial charge in [0.15, 0.2) is 0 Å². The van der Waals surface area contributed by atoms with Crippen LogP contribution in [0.5, 0.6) is 5.75 Å². The summed E-state index contributed by atoms with van der Waals surface area (Å²) in [4.78, 5) is 13.0. The number of sulfonamides is 1. The number of methoxy groups -OCH3 is 1. The van der Waals surface area contributed by atoms with Crippen LogP contribution in [0.15, 0.2) is 53.4 Å². The molecule has 0 aliphatic carbocycles. The van der Waals surface area contributed by atoms with Gasteiger partial charge >= 0.3 is 0 Å². The number of nitrogens with zero attached hydrogens (tertiary/aromatic N) is 1. The minimum Gasteiger partial charge on any atom is -0.497 e. The highest BCUT2D eigenvalue weighted by molar-refractivity contribution is 7.89. The topological polar surface area (TPSA) is 75.7 Å². The Morgan fingerprint density at radius 1 is 1.17 bits per heavy atom. The van der Waals surface area contributed by atoms with E-state index in [1.165, 1.54) is 16.4 Å². The molecule has 1 saturated heterocycles. The average Bonchev–Trinajstić information content (AvgIpc) is 2.74. The third-order valence-corrected chi connectivity index (χ3v) is 7.31. The Morgan fingerprint density at radius 3 is 2.45 bits per heavy atom. The van der Waals surface area contributed by atoms with Crippen LogP contribution < -0.4 is 10.1 Å². The van der Waals surface area contributed by atoms with E-state index in [-0.39, 0.29) is 29.3 Å². The molecule has 1 heterocycles. The van der Waals surface area contributed by atoms with Gasteiger partial charge in [-0.2, -0.15) is 4.31 Å². The number of hydrogen-bond donors (Lipinski definition) is 1. The summed E-state index contributed by atoms with van der Waals surface area (Å²) in [7, 11) is -2.05. The van der Waals surface area contributed by atoms with Gasteiger partial charge in [-0.05, 0) is 61.7 Å². The fourth-order valence-corrected chi connectivity index (χ4v) is 5.09. The largest absolute Gasteiger partial charge is 0.497 e. The third-order valence-electron chi connectivity index (χ3n) is 5.18. The van der Waals surface area contributed by atoms with Gasteiger partial charge < -0.3 is 10.1 Å². The van der Waals surface area contributed by atoms with Crippen molar-refractivity contribution >= 4 is 27.5 Å². The van der Waals surface area contributed by atoms with Gasteiger partial charge in [-0.25, -0.2) is 8.42 Å². The fraction of sp³-hybridized carbons (Fsp3) is 0.381. The summed E-state index contributed by atoms with van der Waals surface area (Å²) in [5.41, 5.74) is 0.959. The van der Waals surface area contributed by atoms with E-state index in [0.717, 1.165) is 11.3 Å². The van der Waals surface area contributed by atoms with E-state index in [0.29, 0.717) is 24.4 Å². The Labute approximate surface area is 176 Å². The molecule has 156 valence electrons. The molecule has 8 heteroatoms. The van der Waals surface area contributed by atoms with E-state index >= 15 is 0 Å². The van der Waals surface area contributed by atoms with Gasteiger partial charge in [0.1, 0.15) is 5.75 Å². The van der Waals surface area contributed by atoms with E-state index in [2.05, 4.69) is 5.32 Å². The minimum atomic E-state index is -3.65. The van der Waals surface area contributed by atoms with Gasteiger partial charge in [-0.15, -0.1) is 0 Å². The molecule has 0 bridgehead atoms. The van der Waals surface area contributed by atoms with Crippen molar-refractivity contribution in [2.75, 3.05) is 20.2 Å². The number of ether oxygens (including phenoxy) is 1. The maximum atomic E-state index is 12.9. The number of carbonyl (C=O) groups excluding carboxylic acids is 1. The first-order valence-corrected chi connectivity index (χ1v) is 11.3. The molecule has 1 aliphatic heterocycles. The molecule has 6 nitrogen and oxygen atoms in total. The molecule has 1 amide bonds. The number of carbonyl (C=O) groups is 1. The fourth-order valence-electron chi connectivity index (χ4n) is 3.44. The van der Waals surface area contributed by atoms with Crippen molar-refractivity contribution in [2.24, 2.45) is 5.92 Å². The predicted molar refractivity (Wildman–Crippen MR) is 112 cm³/mol. The maximum Gasteiger partial charge on any atom is 0.243 e.